The number of carbonyl (C=O) groups is 2. The van der Waals surface area contributed by atoms with Gasteiger partial charge in [0.05, 0.1) is 98.6 Å². The number of ether oxygens (including phenoxy) is 5. The summed E-state index contributed by atoms with van der Waals surface area (Å²) in [5, 5.41) is 77.9. The molecule has 16 N–H and O–H groups in total. The van der Waals surface area contributed by atoms with E-state index in [0.717, 1.165) is 29.8 Å². The van der Waals surface area contributed by atoms with Crippen molar-refractivity contribution in [3.05, 3.63) is 91.1 Å². The number of aliphatic hydroxyl groups excluding tert-OH is 6. The standard InChI is InChI=1S/C13H15N5O2.C12H17N5O3.C12H15N5O3.C12H13N5O3.C11H13N5O2/c1-3-13(6-19)8(2)4-10(20-13)9-5-15-12-11(14)16-7-17-18(9)12;2*1-7-2-9(20-12(7,4-18)5-19)8-3-14-11-10(13)15-6-16-17(8)11;1-2-12(5-18)9(19)3-8(20-12)7-4-14-11-10(13)15-6-16-17(7)11;1-6-2-8(18-9(6)4-17)7-3-13-11-10(12)14-5-15-16(7)11/h1,5,7-8,10,19H,4,6H2,2H3,(H2,14,16,17);3,6-7,9,18-19H,2,4-5H2,1H3,(H2,13,15,16);3-4,6-7,9,19H,2,5H2,1H3,(H2,13,15,16);1,4,6,8-9,18-19H,3,5H2,(H2,13,15,16);3-6,8-9H,2H2,1H3,(H2,12,14,15)/t8-,10+,13+;7-,9+;7-,9+,12+;8-,9+,12-;6-,8+,9+/m00010/s1. The monoisotopic (exact) mass is 1350 g/mol. The first-order valence-corrected chi connectivity index (χ1v) is 30.8. The van der Waals surface area contributed by atoms with E-state index in [1.165, 1.54) is 36.2 Å². The minimum Gasteiger partial charge on any atom is -0.393 e. The molecule has 15 rings (SSSR count). The predicted octanol–water partition coefficient (Wildman–Crippen LogP) is -1.31. The van der Waals surface area contributed by atoms with Gasteiger partial charge in [-0.2, -0.15) is 25.5 Å². The van der Waals surface area contributed by atoms with Crippen molar-refractivity contribution in [2.24, 2.45) is 23.7 Å². The van der Waals surface area contributed by atoms with Crippen molar-refractivity contribution in [3.8, 4) is 24.7 Å². The molecule has 0 bridgehead atoms. The minimum atomic E-state index is -1.40. The molecule has 38 nitrogen and oxygen atoms in total. The van der Waals surface area contributed by atoms with E-state index in [1.807, 2.05) is 27.7 Å². The molecule has 38 heteroatoms. The molecule has 5 fully saturated rings. The number of carbonyl (C=O) groups excluding carboxylic acids is 2. The van der Waals surface area contributed by atoms with Crippen molar-refractivity contribution in [2.75, 3.05) is 61.7 Å². The van der Waals surface area contributed by atoms with E-state index in [-0.39, 0.29) is 98.7 Å². The van der Waals surface area contributed by atoms with Crippen molar-refractivity contribution in [1.29, 1.82) is 0 Å². The summed E-state index contributed by atoms with van der Waals surface area (Å²) in [7, 11) is 0. The molecular formula is C60H73N25O13. The van der Waals surface area contributed by atoms with E-state index < -0.39 is 41.2 Å². The molecule has 98 heavy (non-hydrogen) atoms. The molecule has 0 aromatic carbocycles. The first kappa shape index (κ1) is 69.1. The number of nitrogens with two attached hydrogens (primary N) is 5. The van der Waals surface area contributed by atoms with Crippen LogP contribution in [0.4, 0.5) is 29.1 Å². The topological polar surface area (TPSA) is 547 Å². The number of aldehydes is 2. The lowest BCUT2D eigenvalue weighted by Crippen LogP contribution is -2.42. The summed E-state index contributed by atoms with van der Waals surface area (Å²) in [4.78, 5) is 62.4. The number of imidazole rings is 5. The Kier molecular flexibility index (Phi) is 19.8. The van der Waals surface area contributed by atoms with Crippen LogP contribution in [0.5, 0.6) is 0 Å². The third-order valence-electron chi connectivity index (χ3n) is 18.6. The lowest BCUT2D eigenvalue weighted by Gasteiger charge is -2.28. The Morgan fingerprint density at radius 2 is 0.806 bits per heavy atom. The van der Waals surface area contributed by atoms with Crippen LogP contribution in [-0.2, 0) is 33.3 Å². The van der Waals surface area contributed by atoms with E-state index >= 15 is 0 Å². The van der Waals surface area contributed by atoms with Crippen molar-refractivity contribution in [2.45, 2.75) is 125 Å². The molecular weight excluding hydrogens is 1280 g/mol. The molecule has 5 aliphatic heterocycles. The summed E-state index contributed by atoms with van der Waals surface area (Å²) < 4.78 is 36.8. The second kappa shape index (κ2) is 28.1. The molecule has 0 amide bonds. The van der Waals surface area contributed by atoms with Gasteiger partial charge < -0.3 is 92.6 Å². The first-order chi connectivity index (χ1) is 47.1. The first-order valence-electron chi connectivity index (χ1n) is 30.8. The number of aromatic nitrogens is 20. The van der Waals surface area contributed by atoms with E-state index in [1.54, 1.807) is 49.0 Å². The molecule has 15 heterocycles. The van der Waals surface area contributed by atoms with Gasteiger partial charge in [0.15, 0.2) is 74.8 Å². The maximum absolute atomic E-state index is 11.3. The highest BCUT2D eigenvalue weighted by molar-refractivity contribution is 5.65. The van der Waals surface area contributed by atoms with Gasteiger partial charge in [-0.05, 0) is 43.4 Å². The fraction of sp³-hybridized carbons (Fsp3) is 0.483. The predicted molar refractivity (Wildman–Crippen MR) is 341 cm³/mol. The highest BCUT2D eigenvalue weighted by Gasteiger charge is 2.51. The molecule has 10 aromatic heterocycles. The Morgan fingerprint density at radius 3 is 1.11 bits per heavy atom. The maximum Gasteiger partial charge on any atom is 0.196 e. The second-order valence-electron chi connectivity index (χ2n) is 24.3. The van der Waals surface area contributed by atoms with Crippen LogP contribution >= 0.6 is 0 Å². The molecule has 5 saturated heterocycles. The van der Waals surface area contributed by atoms with Gasteiger partial charge in [0, 0.05) is 12.3 Å². The van der Waals surface area contributed by atoms with Crippen molar-refractivity contribution < 1.29 is 63.9 Å². The molecule has 0 saturated carbocycles. The molecule has 10 aromatic rings. The molecule has 0 aliphatic carbocycles. The summed E-state index contributed by atoms with van der Waals surface area (Å²) in [6, 6.07) is 0. The number of fused-ring (bicyclic) bond motifs is 5. The van der Waals surface area contributed by atoms with Gasteiger partial charge >= 0.3 is 0 Å². The fourth-order valence-electron chi connectivity index (χ4n) is 12.5. The van der Waals surface area contributed by atoms with Crippen LogP contribution in [0.2, 0.25) is 0 Å². The number of terminal acetylenes is 2. The van der Waals surface area contributed by atoms with E-state index in [0.29, 0.717) is 82.6 Å². The van der Waals surface area contributed by atoms with Gasteiger partial charge in [-0.3, -0.25) is 0 Å². The van der Waals surface area contributed by atoms with Crippen LogP contribution in [0, 0.1) is 48.4 Å². The Hall–Kier alpha value is -10.2. The Morgan fingerprint density at radius 1 is 0.459 bits per heavy atom. The summed E-state index contributed by atoms with van der Waals surface area (Å²) in [5.74, 6) is 6.50. The lowest BCUT2D eigenvalue weighted by molar-refractivity contribution is -0.140. The number of aliphatic hydroxyl groups is 6. The Labute approximate surface area is 556 Å². The average molecular weight is 1350 g/mol. The third kappa shape index (κ3) is 12.4. The zero-order chi connectivity index (χ0) is 70.0. The number of hydrogen-bond acceptors (Lipinski definition) is 33. The number of nitrogens with zero attached hydrogens (tertiary/aromatic N) is 20. The maximum atomic E-state index is 11.3. The quantitative estimate of drug-likeness (QED) is 0.0500. The van der Waals surface area contributed by atoms with E-state index in [2.05, 4.69) is 87.2 Å². The SMILES string of the molecule is C#C[C@]1(CO)O[C@@H](c2cnc3c(N)ncnn23)C[C@@H]1C.C#C[C@]1(CO)O[C@@H](c2cnc3c(N)ncnn23)C[C@@H]1O.C[C@H]1C[C@H](c2cnc3c(N)ncnn23)OC1(CO)CO.C[C@H]1C[C@H](c2cnc3c(N)ncnn23)O[C@@H]1C=O.C[C@H]1C[C@H](c2cnc3c(N)ncnn23)O[C@]1(C=O)CO. The summed E-state index contributed by atoms with van der Waals surface area (Å²) in [5.41, 5.74) is 30.1. The molecule has 0 radical (unpaired) electrons. The number of hydrogen-bond donors (Lipinski definition) is 11. The molecule has 0 unspecified atom stereocenters. The van der Waals surface area contributed by atoms with Crippen LogP contribution in [0.1, 0.15) is 119 Å². The smallest absolute Gasteiger partial charge is 0.196 e. The van der Waals surface area contributed by atoms with Gasteiger partial charge in [-0.1, -0.05) is 39.5 Å². The summed E-state index contributed by atoms with van der Waals surface area (Å²) in [6.45, 7) is 6.29. The Bertz CT molecular complexity index is 4470. The van der Waals surface area contributed by atoms with Gasteiger partial charge in [0.1, 0.15) is 85.7 Å². The number of rotatable bonds is 12. The van der Waals surface area contributed by atoms with Crippen molar-refractivity contribution in [1.82, 2.24) is 97.9 Å². The molecule has 14 atom stereocenters. The zero-order valence-electron chi connectivity index (χ0n) is 53.4. The lowest BCUT2D eigenvalue weighted by atomic mass is 9.89. The van der Waals surface area contributed by atoms with Gasteiger partial charge in [-0.15, -0.1) is 12.8 Å². The third-order valence-corrected chi connectivity index (χ3v) is 18.6. The molecule has 5 aliphatic rings. The van der Waals surface area contributed by atoms with Gasteiger partial charge in [-0.25, -0.2) is 72.4 Å². The average Bonchev–Trinajstić information content (AvgIpc) is 1.64. The molecule has 516 valence electrons. The highest BCUT2D eigenvalue weighted by atomic mass is 16.6. The highest BCUT2D eigenvalue weighted by Crippen LogP contribution is 2.46. The second-order valence-corrected chi connectivity index (χ2v) is 24.3. The fourth-order valence-corrected chi connectivity index (χ4v) is 12.5. The summed E-state index contributed by atoms with van der Waals surface area (Å²) in [6.07, 6.45) is 27.2. The van der Waals surface area contributed by atoms with Crippen molar-refractivity contribution >= 4 is 69.9 Å². The van der Waals surface area contributed by atoms with Crippen LogP contribution < -0.4 is 28.7 Å². The van der Waals surface area contributed by atoms with Gasteiger partial charge in [0.2, 0.25) is 0 Å². The van der Waals surface area contributed by atoms with E-state index in [4.69, 9.17) is 65.2 Å². The Balaban J connectivity index is 0.000000124. The van der Waals surface area contributed by atoms with Crippen LogP contribution in [-0.4, -0.2) is 209 Å². The largest absolute Gasteiger partial charge is 0.393 e. The molecule has 0 spiro atoms. The number of anilines is 5. The minimum absolute atomic E-state index is 0.0206. The van der Waals surface area contributed by atoms with Crippen LogP contribution in [0.3, 0.4) is 0 Å². The van der Waals surface area contributed by atoms with Crippen molar-refractivity contribution in [3.63, 3.8) is 0 Å². The van der Waals surface area contributed by atoms with E-state index in [9.17, 15) is 40.2 Å². The van der Waals surface area contributed by atoms with Gasteiger partial charge in [0.25, 0.3) is 0 Å². The van der Waals surface area contributed by atoms with Crippen LogP contribution in [0.25, 0.3) is 28.2 Å². The zero-order valence-corrected chi connectivity index (χ0v) is 53.4. The normalized spacial score (nSPS) is 28.5. The van der Waals surface area contributed by atoms with Crippen LogP contribution in [0.15, 0.2) is 62.6 Å². The number of nitrogen functional groups attached to an aromatic ring is 5. The summed E-state index contributed by atoms with van der Waals surface area (Å²) >= 11 is 0.